The molecule has 2 rings (SSSR count). The number of aryl methyl sites for hydroxylation is 3. The van der Waals surface area contributed by atoms with Crippen molar-refractivity contribution >= 4 is 17.2 Å². The standard InChI is InChI=1S/C14H21N5OS/c1-9-7-10(2)19(18-9)6-4-5-16-13(20)12-8-21-14(17-12)11(3)15/h7-8,11H,4-6,15H2,1-3H3,(H,16,20). The van der Waals surface area contributed by atoms with Crippen molar-refractivity contribution in [3.8, 4) is 0 Å². The predicted molar refractivity (Wildman–Crippen MR) is 83.4 cm³/mol. The van der Waals surface area contributed by atoms with E-state index in [1.807, 2.05) is 31.5 Å². The summed E-state index contributed by atoms with van der Waals surface area (Å²) in [7, 11) is 0. The van der Waals surface area contributed by atoms with Crippen molar-refractivity contribution in [2.24, 2.45) is 5.73 Å². The van der Waals surface area contributed by atoms with E-state index in [4.69, 9.17) is 5.73 Å². The van der Waals surface area contributed by atoms with Gasteiger partial charge in [-0.05, 0) is 33.3 Å². The van der Waals surface area contributed by atoms with Crippen LogP contribution in [0, 0.1) is 13.8 Å². The molecule has 114 valence electrons. The minimum absolute atomic E-state index is 0.136. The zero-order chi connectivity index (χ0) is 15.4. The van der Waals surface area contributed by atoms with E-state index in [0.717, 1.165) is 29.4 Å². The Morgan fingerprint density at radius 1 is 1.52 bits per heavy atom. The SMILES string of the molecule is Cc1cc(C)n(CCCNC(=O)c2csc(C(C)N)n2)n1. The van der Waals surface area contributed by atoms with Crippen LogP contribution in [0.15, 0.2) is 11.4 Å². The third kappa shape index (κ3) is 4.12. The highest BCUT2D eigenvalue weighted by molar-refractivity contribution is 7.09. The Hall–Kier alpha value is -1.73. The van der Waals surface area contributed by atoms with Gasteiger partial charge in [0.25, 0.3) is 5.91 Å². The van der Waals surface area contributed by atoms with E-state index in [1.165, 1.54) is 11.3 Å². The number of carbonyl (C=O) groups excluding carboxylic acids is 1. The van der Waals surface area contributed by atoms with Crippen molar-refractivity contribution in [3.05, 3.63) is 33.5 Å². The molecule has 0 aromatic carbocycles. The van der Waals surface area contributed by atoms with Gasteiger partial charge >= 0.3 is 0 Å². The molecule has 2 aromatic heterocycles. The molecule has 0 bridgehead atoms. The molecule has 7 heteroatoms. The van der Waals surface area contributed by atoms with Crippen LogP contribution in [-0.2, 0) is 6.54 Å². The number of hydrogen-bond acceptors (Lipinski definition) is 5. The number of carbonyl (C=O) groups is 1. The number of rotatable bonds is 6. The second-order valence-electron chi connectivity index (χ2n) is 5.12. The Labute approximate surface area is 128 Å². The largest absolute Gasteiger partial charge is 0.351 e. The summed E-state index contributed by atoms with van der Waals surface area (Å²) in [6.45, 7) is 7.26. The first-order valence-electron chi connectivity index (χ1n) is 6.97. The predicted octanol–water partition coefficient (Wildman–Crippen LogP) is 1.80. The Bertz CT molecular complexity index is 617. The Balaban J connectivity index is 1.77. The highest BCUT2D eigenvalue weighted by Crippen LogP contribution is 2.15. The molecule has 1 atom stereocenters. The minimum Gasteiger partial charge on any atom is -0.351 e. The van der Waals surface area contributed by atoms with Gasteiger partial charge in [0, 0.05) is 24.2 Å². The summed E-state index contributed by atoms with van der Waals surface area (Å²) in [6, 6.07) is 1.91. The maximum absolute atomic E-state index is 11.9. The topological polar surface area (TPSA) is 85.8 Å². The van der Waals surface area contributed by atoms with Gasteiger partial charge in [-0.2, -0.15) is 5.10 Å². The molecular weight excluding hydrogens is 286 g/mol. The van der Waals surface area contributed by atoms with Gasteiger partial charge in [-0.1, -0.05) is 0 Å². The lowest BCUT2D eigenvalue weighted by Gasteiger charge is -2.05. The van der Waals surface area contributed by atoms with E-state index >= 15 is 0 Å². The monoisotopic (exact) mass is 307 g/mol. The number of nitrogens with two attached hydrogens (primary N) is 1. The quantitative estimate of drug-likeness (QED) is 0.797. The molecule has 0 aliphatic rings. The normalized spacial score (nSPS) is 12.4. The molecule has 0 aliphatic heterocycles. The third-order valence-electron chi connectivity index (χ3n) is 3.08. The van der Waals surface area contributed by atoms with Gasteiger partial charge < -0.3 is 11.1 Å². The maximum atomic E-state index is 11.9. The highest BCUT2D eigenvalue weighted by atomic mass is 32.1. The summed E-state index contributed by atoms with van der Waals surface area (Å²) >= 11 is 1.42. The summed E-state index contributed by atoms with van der Waals surface area (Å²) in [6.07, 6.45) is 0.831. The molecule has 0 aliphatic carbocycles. The van der Waals surface area contributed by atoms with Gasteiger partial charge in [0.2, 0.25) is 0 Å². The summed E-state index contributed by atoms with van der Waals surface area (Å²) in [5.74, 6) is -0.147. The fourth-order valence-corrected chi connectivity index (χ4v) is 2.78. The van der Waals surface area contributed by atoms with Gasteiger partial charge in [-0.15, -0.1) is 11.3 Å². The summed E-state index contributed by atoms with van der Waals surface area (Å²) in [4.78, 5) is 16.2. The molecule has 0 fully saturated rings. The van der Waals surface area contributed by atoms with E-state index in [-0.39, 0.29) is 11.9 Å². The molecule has 6 nitrogen and oxygen atoms in total. The molecule has 0 spiro atoms. The van der Waals surface area contributed by atoms with Gasteiger partial charge in [0.05, 0.1) is 11.7 Å². The Morgan fingerprint density at radius 3 is 2.86 bits per heavy atom. The molecular formula is C14H21N5OS. The summed E-state index contributed by atoms with van der Waals surface area (Å²) in [5.41, 5.74) is 8.33. The molecule has 1 amide bonds. The van der Waals surface area contributed by atoms with Gasteiger partial charge in [-0.25, -0.2) is 4.98 Å². The third-order valence-corrected chi connectivity index (χ3v) is 4.13. The first-order valence-corrected chi connectivity index (χ1v) is 7.85. The van der Waals surface area contributed by atoms with Crippen LogP contribution in [0.1, 0.15) is 46.3 Å². The molecule has 0 saturated heterocycles. The molecule has 2 aromatic rings. The number of hydrogen-bond donors (Lipinski definition) is 2. The highest BCUT2D eigenvalue weighted by Gasteiger charge is 2.12. The lowest BCUT2D eigenvalue weighted by molar-refractivity contribution is 0.0948. The molecule has 21 heavy (non-hydrogen) atoms. The van der Waals surface area contributed by atoms with E-state index in [9.17, 15) is 4.79 Å². The minimum atomic E-state index is -0.147. The first kappa shape index (κ1) is 15.7. The van der Waals surface area contributed by atoms with Crippen molar-refractivity contribution in [2.75, 3.05) is 6.54 Å². The van der Waals surface area contributed by atoms with Crippen LogP contribution in [0.2, 0.25) is 0 Å². The number of amides is 1. The molecule has 0 saturated carbocycles. The maximum Gasteiger partial charge on any atom is 0.270 e. The number of nitrogens with one attached hydrogen (secondary N) is 1. The summed E-state index contributed by atoms with van der Waals surface area (Å²) in [5, 5.41) is 9.78. The molecule has 0 radical (unpaired) electrons. The van der Waals surface area contributed by atoms with Crippen molar-refractivity contribution in [1.82, 2.24) is 20.1 Å². The smallest absolute Gasteiger partial charge is 0.270 e. The van der Waals surface area contributed by atoms with E-state index in [1.54, 1.807) is 5.38 Å². The number of aromatic nitrogens is 3. The Kier molecular flexibility index (Phi) is 5.08. The zero-order valence-electron chi connectivity index (χ0n) is 12.6. The fraction of sp³-hybridized carbons (Fsp3) is 0.500. The van der Waals surface area contributed by atoms with Gasteiger partial charge in [-0.3, -0.25) is 9.48 Å². The van der Waals surface area contributed by atoms with E-state index in [0.29, 0.717) is 12.2 Å². The van der Waals surface area contributed by atoms with E-state index < -0.39 is 0 Å². The van der Waals surface area contributed by atoms with Crippen molar-refractivity contribution < 1.29 is 4.79 Å². The lowest BCUT2D eigenvalue weighted by Crippen LogP contribution is -2.26. The molecule has 3 N–H and O–H groups in total. The molecule has 1 unspecified atom stereocenters. The van der Waals surface area contributed by atoms with Crippen LogP contribution >= 0.6 is 11.3 Å². The molecule has 2 heterocycles. The average Bonchev–Trinajstić information content (AvgIpc) is 3.02. The second kappa shape index (κ2) is 6.82. The lowest BCUT2D eigenvalue weighted by atomic mass is 10.3. The van der Waals surface area contributed by atoms with Crippen molar-refractivity contribution in [1.29, 1.82) is 0 Å². The van der Waals surface area contributed by atoms with Gasteiger partial charge in [0.1, 0.15) is 10.7 Å². The average molecular weight is 307 g/mol. The fourth-order valence-electron chi connectivity index (χ4n) is 2.02. The van der Waals surface area contributed by atoms with Crippen LogP contribution in [0.5, 0.6) is 0 Å². The number of thiazole rings is 1. The van der Waals surface area contributed by atoms with Gasteiger partial charge in [0.15, 0.2) is 0 Å². The summed E-state index contributed by atoms with van der Waals surface area (Å²) < 4.78 is 1.96. The zero-order valence-corrected chi connectivity index (χ0v) is 13.4. The van der Waals surface area contributed by atoms with Crippen LogP contribution in [0.25, 0.3) is 0 Å². The van der Waals surface area contributed by atoms with E-state index in [2.05, 4.69) is 15.4 Å². The second-order valence-corrected chi connectivity index (χ2v) is 6.01. The number of nitrogens with zero attached hydrogens (tertiary/aromatic N) is 3. The van der Waals surface area contributed by atoms with Crippen LogP contribution in [-0.4, -0.2) is 27.2 Å². The van der Waals surface area contributed by atoms with Crippen molar-refractivity contribution in [3.63, 3.8) is 0 Å². The Morgan fingerprint density at radius 2 is 2.29 bits per heavy atom. The van der Waals surface area contributed by atoms with Crippen LogP contribution in [0.4, 0.5) is 0 Å². The first-order chi connectivity index (χ1) is 9.97. The van der Waals surface area contributed by atoms with Crippen LogP contribution in [0.3, 0.4) is 0 Å². The van der Waals surface area contributed by atoms with Crippen LogP contribution < -0.4 is 11.1 Å². The van der Waals surface area contributed by atoms with Crippen molar-refractivity contribution in [2.45, 2.75) is 39.8 Å².